The molecule has 0 saturated carbocycles. The number of nitrogens with one attached hydrogen (secondary N) is 1. The van der Waals surface area contributed by atoms with Gasteiger partial charge in [-0.25, -0.2) is 4.39 Å². The van der Waals surface area contributed by atoms with Crippen LogP contribution in [0.25, 0.3) is 10.9 Å². The van der Waals surface area contributed by atoms with Gasteiger partial charge in [0.05, 0.1) is 16.0 Å². The van der Waals surface area contributed by atoms with Gasteiger partial charge in [0.15, 0.2) is 5.82 Å². The standard InChI is InChI=1S/C19H28BrFN2OS/c1-12(22-25(24)19(5,6)7)14-10-23(11-18(2,3)4)17-13(14)8-9-15(20)16(17)21/h8-10,12,22H,11H2,1-7H3/t12-,25+/m1/s1. The van der Waals surface area contributed by atoms with E-state index in [9.17, 15) is 8.94 Å². The largest absolute Gasteiger partial charge is 0.598 e. The zero-order valence-corrected chi connectivity index (χ0v) is 18.4. The van der Waals surface area contributed by atoms with Crippen LogP contribution in [0.1, 0.15) is 60.1 Å². The molecule has 0 aliphatic heterocycles. The third-order valence-electron chi connectivity index (χ3n) is 3.91. The molecule has 0 aliphatic carbocycles. The molecular formula is C19H28BrFN2OS. The molecule has 1 heterocycles. The second kappa shape index (κ2) is 7.22. The van der Waals surface area contributed by atoms with Gasteiger partial charge in [-0.05, 0) is 60.7 Å². The first kappa shape index (κ1) is 20.7. The molecule has 0 saturated heterocycles. The van der Waals surface area contributed by atoms with Crippen molar-refractivity contribution in [3.8, 4) is 0 Å². The van der Waals surface area contributed by atoms with Crippen LogP contribution in [-0.2, 0) is 17.9 Å². The minimum Gasteiger partial charge on any atom is -0.598 e. The molecule has 0 aliphatic rings. The van der Waals surface area contributed by atoms with Crippen molar-refractivity contribution in [3.05, 3.63) is 34.2 Å². The Morgan fingerprint density at radius 2 is 1.84 bits per heavy atom. The summed E-state index contributed by atoms with van der Waals surface area (Å²) in [6.45, 7) is 14.9. The molecule has 1 aromatic carbocycles. The number of hydrogen-bond acceptors (Lipinski definition) is 2. The Kier molecular flexibility index (Phi) is 5.99. The topological polar surface area (TPSA) is 40.0 Å². The van der Waals surface area contributed by atoms with Crippen molar-refractivity contribution < 1.29 is 8.94 Å². The second-order valence-corrected chi connectivity index (χ2v) is 11.6. The lowest BCUT2D eigenvalue weighted by atomic mass is 9.97. The maximum absolute atomic E-state index is 14.8. The average molecular weight is 431 g/mol. The summed E-state index contributed by atoms with van der Waals surface area (Å²) < 4.78 is 32.5. The van der Waals surface area contributed by atoms with Gasteiger partial charge >= 0.3 is 0 Å². The Morgan fingerprint density at radius 1 is 1.24 bits per heavy atom. The summed E-state index contributed by atoms with van der Waals surface area (Å²) in [5.41, 5.74) is 1.57. The Balaban J connectivity index is 2.52. The lowest BCUT2D eigenvalue weighted by Crippen LogP contribution is -2.40. The first-order valence-electron chi connectivity index (χ1n) is 8.46. The third-order valence-corrected chi connectivity index (χ3v) is 6.21. The minimum atomic E-state index is -1.19. The van der Waals surface area contributed by atoms with Gasteiger partial charge in [-0.2, -0.15) is 0 Å². The Bertz CT molecular complexity index is 761. The molecule has 2 atom stereocenters. The lowest BCUT2D eigenvalue weighted by molar-refractivity contribution is 0.347. The molecule has 0 bridgehead atoms. The highest BCUT2D eigenvalue weighted by molar-refractivity contribution is 9.10. The predicted molar refractivity (Wildman–Crippen MR) is 108 cm³/mol. The van der Waals surface area contributed by atoms with Crippen LogP contribution in [0, 0.1) is 11.2 Å². The van der Waals surface area contributed by atoms with Crippen LogP contribution >= 0.6 is 15.9 Å². The van der Waals surface area contributed by atoms with Gasteiger partial charge in [0.1, 0.15) is 4.75 Å². The Hall–Kier alpha value is -0.560. The van der Waals surface area contributed by atoms with E-state index in [4.69, 9.17) is 0 Å². The molecule has 6 heteroatoms. The van der Waals surface area contributed by atoms with Crippen molar-refractivity contribution in [3.63, 3.8) is 0 Å². The van der Waals surface area contributed by atoms with Gasteiger partial charge in [0, 0.05) is 29.5 Å². The van der Waals surface area contributed by atoms with Crippen molar-refractivity contribution >= 4 is 38.2 Å². The minimum absolute atomic E-state index is 0.0167. The molecule has 1 aromatic heterocycles. The normalized spacial score (nSPS) is 15.6. The molecule has 140 valence electrons. The van der Waals surface area contributed by atoms with Gasteiger partial charge in [-0.1, -0.05) is 26.8 Å². The predicted octanol–water partition coefficient (Wildman–Crippen LogP) is 5.70. The summed E-state index contributed by atoms with van der Waals surface area (Å²) in [5.74, 6) is -0.253. The van der Waals surface area contributed by atoms with Crippen LogP contribution in [-0.4, -0.2) is 13.9 Å². The molecular weight excluding hydrogens is 403 g/mol. The number of rotatable bonds is 4. The fraction of sp³-hybridized carbons (Fsp3) is 0.579. The number of halogens is 2. The van der Waals surface area contributed by atoms with Gasteiger partial charge in [-0.3, -0.25) is 0 Å². The van der Waals surface area contributed by atoms with Gasteiger partial charge in [0.2, 0.25) is 0 Å². The van der Waals surface area contributed by atoms with E-state index in [1.807, 2.05) is 44.5 Å². The summed E-state index contributed by atoms with van der Waals surface area (Å²) in [5, 5.41) is 0.857. The highest BCUT2D eigenvalue weighted by Gasteiger charge is 2.30. The van der Waals surface area contributed by atoms with Crippen LogP contribution in [0.3, 0.4) is 0 Å². The molecule has 0 amide bonds. The second-order valence-electron chi connectivity index (χ2n) is 8.75. The van der Waals surface area contributed by atoms with E-state index in [1.165, 1.54) is 0 Å². The van der Waals surface area contributed by atoms with Gasteiger partial charge < -0.3 is 9.12 Å². The molecule has 0 spiro atoms. The third kappa shape index (κ3) is 4.79. The fourth-order valence-electron chi connectivity index (χ4n) is 2.74. The van der Waals surface area contributed by atoms with E-state index in [2.05, 4.69) is 41.4 Å². The summed E-state index contributed by atoms with van der Waals surface area (Å²) in [6.07, 6.45) is 1.99. The highest BCUT2D eigenvalue weighted by Crippen LogP contribution is 2.34. The molecule has 1 N–H and O–H groups in total. The van der Waals surface area contributed by atoms with Gasteiger partial charge in [0.25, 0.3) is 0 Å². The van der Waals surface area contributed by atoms with Crippen molar-refractivity contribution in [2.45, 2.75) is 65.8 Å². The summed E-state index contributed by atoms with van der Waals surface area (Å²) >= 11 is 2.10. The molecule has 0 fully saturated rings. The van der Waals surface area contributed by atoms with Crippen LogP contribution in [0.2, 0.25) is 0 Å². The first-order valence-corrected chi connectivity index (χ1v) is 10.4. The summed E-state index contributed by atoms with van der Waals surface area (Å²) in [6, 6.07) is 3.51. The molecule has 0 unspecified atom stereocenters. The van der Waals surface area contributed by atoms with E-state index >= 15 is 0 Å². The van der Waals surface area contributed by atoms with Crippen molar-refractivity contribution in [1.29, 1.82) is 0 Å². The van der Waals surface area contributed by atoms with Crippen LogP contribution in [0.15, 0.2) is 22.8 Å². The number of hydrogen-bond donors (Lipinski definition) is 1. The number of benzene rings is 1. The van der Waals surface area contributed by atoms with Crippen molar-refractivity contribution in [1.82, 2.24) is 9.29 Å². The molecule has 2 rings (SSSR count). The van der Waals surface area contributed by atoms with Crippen molar-refractivity contribution in [2.75, 3.05) is 0 Å². The zero-order chi connectivity index (χ0) is 19.2. The smallest absolute Gasteiger partial charge is 0.161 e. The average Bonchev–Trinajstić information content (AvgIpc) is 2.79. The Morgan fingerprint density at radius 3 is 2.36 bits per heavy atom. The molecule has 25 heavy (non-hydrogen) atoms. The maximum Gasteiger partial charge on any atom is 0.161 e. The highest BCUT2D eigenvalue weighted by atomic mass is 79.9. The van der Waals surface area contributed by atoms with E-state index in [0.29, 0.717) is 16.5 Å². The molecule has 2 aromatic rings. The van der Waals surface area contributed by atoms with Gasteiger partial charge in [-0.15, -0.1) is 4.72 Å². The van der Waals surface area contributed by atoms with Crippen molar-refractivity contribution in [2.24, 2.45) is 5.41 Å². The van der Waals surface area contributed by atoms with E-state index in [-0.39, 0.29) is 22.0 Å². The van der Waals surface area contributed by atoms with Crippen LogP contribution < -0.4 is 4.72 Å². The first-order chi connectivity index (χ1) is 11.3. The number of fused-ring (bicyclic) bond motifs is 1. The van der Waals surface area contributed by atoms with E-state index in [1.54, 1.807) is 6.07 Å². The lowest BCUT2D eigenvalue weighted by Gasteiger charge is -2.26. The summed E-state index contributed by atoms with van der Waals surface area (Å²) in [4.78, 5) is 0. The summed E-state index contributed by atoms with van der Waals surface area (Å²) in [7, 11) is 0. The number of aromatic nitrogens is 1. The van der Waals surface area contributed by atoms with Crippen LogP contribution in [0.5, 0.6) is 0 Å². The van der Waals surface area contributed by atoms with E-state index in [0.717, 1.165) is 10.9 Å². The molecule has 3 nitrogen and oxygen atoms in total. The molecule has 0 radical (unpaired) electrons. The fourth-order valence-corrected chi connectivity index (χ4v) is 3.86. The van der Waals surface area contributed by atoms with Crippen LogP contribution in [0.4, 0.5) is 4.39 Å². The van der Waals surface area contributed by atoms with E-state index < -0.39 is 11.4 Å². The SMILES string of the molecule is C[C@@H](N[S@@+]([O-])C(C)(C)C)c1cn(CC(C)(C)C)c2c(F)c(Br)ccc12. The number of nitrogens with zero attached hydrogens (tertiary/aromatic N) is 1. The quantitative estimate of drug-likeness (QED) is 0.631. The maximum atomic E-state index is 14.8. The Labute approximate surface area is 161 Å². The zero-order valence-electron chi connectivity index (χ0n) is 16.0. The monoisotopic (exact) mass is 430 g/mol.